The molecular weight excluding hydrogens is 289 g/mol. The van der Waals surface area contributed by atoms with E-state index in [-0.39, 0.29) is 0 Å². The molecule has 0 aliphatic rings. The number of rotatable bonds is 6. The minimum atomic E-state index is 0.481. The number of hydrogen-bond acceptors (Lipinski definition) is 2. The first-order valence-electron chi connectivity index (χ1n) is 5.15. The maximum atomic E-state index is 5.50. The van der Waals surface area contributed by atoms with E-state index in [1.165, 1.54) is 11.1 Å². The molecule has 0 amide bonds. The lowest BCUT2D eigenvalue weighted by Gasteiger charge is -2.08. The van der Waals surface area contributed by atoms with Crippen molar-refractivity contribution in [2.45, 2.75) is 13.5 Å². The van der Waals surface area contributed by atoms with Crippen LogP contribution in [0.1, 0.15) is 12.5 Å². The Bertz CT molecular complexity index is 355. The Hall–Kier alpha value is -0.510. The van der Waals surface area contributed by atoms with Crippen LogP contribution in [-0.2, 0) is 6.54 Å². The Morgan fingerprint density at radius 3 is 2.94 bits per heavy atom. The summed E-state index contributed by atoms with van der Waals surface area (Å²) in [6.07, 6.45) is 1.75. The lowest BCUT2D eigenvalue weighted by molar-refractivity contribution is 0.360. The molecule has 0 bridgehead atoms. The molecule has 16 heavy (non-hydrogen) atoms. The van der Waals surface area contributed by atoms with Gasteiger partial charge in [-0.05, 0) is 46.2 Å². The highest BCUT2D eigenvalue weighted by Crippen LogP contribution is 2.25. The van der Waals surface area contributed by atoms with Crippen molar-refractivity contribution in [1.82, 2.24) is 5.32 Å². The van der Waals surface area contributed by atoms with Gasteiger partial charge in [0.2, 0.25) is 0 Å². The average Bonchev–Trinajstić information content (AvgIpc) is 2.29. The first-order chi connectivity index (χ1) is 7.77. The molecule has 0 aromatic heterocycles. The van der Waals surface area contributed by atoms with E-state index in [1.54, 1.807) is 6.08 Å². The van der Waals surface area contributed by atoms with Crippen LogP contribution < -0.4 is 10.1 Å². The summed E-state index contributed by atoms with van der Waals surface area (Å²) in [5.74, 6) is 0.829. The zero-order valence-corrected chi connectivity index (χ0v) is 11.5. The monoisotopic (exact) mass is 303 g/mol. The van der Waals surface area contributed by atoms with Gasteiger partial charge in [-0.1, -0.05) is 24.6 Å². The van der Waals surface area contributed by atoms with Crippen molar-refractivity contribution >= 4 is 27.5 Å². The number of nitrogens with one attached hydrogen (secondary N) is 1. The van der Waals surface area contributed by atoms with Gasteiger partial charge in [0, 0.05) is 12.1 Å². The summed E-state index contributed by atoms with van der Waals surface area (Å²) in [5, 5.41) is 3.27. The molecule has 1 aromatic carbocycles. The molecule has 0 atom stereocenters. The summed E-state index contributed by atoms with van der Waals surface area (Å²) in [4.78, 5) is 0. The SMILES string of the molecule is CCNCc1ccc(OCC=CCl)c(Br)c1. The summed E-state index contributed by atoms with van der Waals surface area (Å²) in [7, 11) is 0. The summed E-state index contributed by atoms with van der Waals surface area (Å²) in [6, 6.07) is 6.06. The van der Waals surface area contributed by atoms with Crippen LogP contribution >= 0.6 is 27.5 Å². The second kappa shape index (κ2) is 7.71. The molecule has 0 unspecified atom stereocenters. The Balaban J connectivity index is 2.60. The van der Waals surface area contributed by atoms with Gasteiger partial charge in [-0.3, -0.25) is 0 Å². The van der Waals surface area contributed by atoms with Gasteiger partial charge >= 0.3 is 0 Å². The largest absolute Gasteiger partial charge is 0.488 e. The Morgan fingerprint density at radius 2 is 2.31 bits per heavy atom. The lowest BCUT2D eigenvalue weighted by atomic mass is 10.2. The first kappa shape index (κ1) is 13.6. The van der Waals surface area contributed by atoms with Crippen LogP contribution in [-0.4, -0.2) is 13.2 Å². The topological polar surface area (TPSA) is 21.3 Å². The summed E-state index contributed by atoms with van der Waals surface area (Å²) < 4.78 is 6.46. The van der Waals surface area contributed by atoms with Gasteiger partial charge in [0.15, 0.2) is 0 Å². The molecule has 2 nitrogen and oxygen atoms in total. The standard InChI is InChI=1S/C12H15BrClNO/c1-2-15-9-10-4-5-12(11(13)8-10)16-7-3-6-14/h3-6,8,15H,2,7,9H2,1H3. The first-order valence-corrected chi connectivity index (χ1v) is 6.38. The van der Waals surface area contributed by atoms with Crippen LogP contribution in [0, 0.1) is 0 Å². The van der Waals surface area contributed by atoms with Crippen molar-refractivity contribution in [2.75, 3.05) is 13.2 Å². The molecule has 0 spiro atoms. The second-order valence-electron chi connectivity index (χ2n) is 3.22. The zero-order valence-electron chi connectivity index (χ0n) is 9.17. The predicted molar refractivity (Wildman–Crippen MR) is 72.0 cm³/mol. The van der Waals surface area contributed by atoms with E-state index >= 15 is 0 Å². The summed E-state index contributed by atoms with van der Waals surface area (Å²) >= 11 is 8.89. The molecule has 0 fully saturated rings. The van der Waals surface area contributed by atoms with E-state index in [4.69, 9.17) is 16.3 Å². The van der Waals surface area contributed by atoms with Gasteiger partial charge in [-0.15, -0.1) is 0 Å². The van der Waals surface area contributed by atoms with Crippen LogP contribution in [0.2, 0.25) is 0 Å². The van der Waals surface area contributed by atoms with E-state index in [9.17, 15) is 0 Å². The fraction of sp³-hybridized carbons (Fsp3) is 0.333. The molecule has 88 valence electrons. The van der Waals surface area contributed by atoms with E-state index in [1.807, 2.05) is 12.1 Å². The molecule has 0 aliphatic heterocycles. The van der Waals surface area contributed by atoms with Gasteiger partial charge < -0.3 is 10.1 Å². The molecule has 0 saturated carbocycles. The van der Waals surface area contributed by atoms with Crippen LogP contribution in [0.15, 0.2) is 34.3 Å². The van der Waals surface area contributed by atoms with Gasteiger partial charge in [0.25, 0.3) is 0 Å². The highest BCUT2D eigenvalue weighted by molar-refractivity contribution is 9.10. The van der Waals surface area contributed by atoms with E-state index in [0.717, 1.165) is 23.3 Å². The fourth-order valence-electron chi connectivity index (χ4n) is 1.21. The van der Waals surface area contributed by atoms with E-state index in [2.05, 4.69) is 34.2 Å². The number of halogens is 2. The van der Waals surface area contributed by atoms with E-state index < -0.39 is 0 Å². The molecule has 1 N–H and O–H groups in total. The third kappa shape index (κ3) is 4.56. The highest BCUT2D eigenvalue weighted by atomic mass is 79.9. The smallest absolute Gasteiger partial charge is 0.133 e. The van der Waals surface area contributed by atoms with Crippen molar-refractivity contribution < 1.29 is 4.74 Å². The molecule has 0 aliphatic carbocycles. The Kier molecular flexibility index (Phi) is 6.53. The van der Waals surface area contributed by atoms with Crippen LogP contribution in [0.4, 0.5) is 0 Å². The van der Waals surface area contributed by atoms with Gasteiger partial charge in [0.05, 0.1) is 4.47 Å². The van der Waals surface area contributed by atoms with Crippen LogP contribution in [0.5, 0.6) is 5.75 Å². The normalized spacial score (nSPS) is 10.9. The number of benzene rings is 1. The maximum absolute atomic E-state index is 5.50. The Morgan fingerprint density at radius 1 is 1.50 bits per heavy atom. The third-order valence-corrected chi connectivity index (χ3v) is 2.80. The minimum absolute atomic E-state index is 0.481. The summed E-state index contributed by atoms with van der Waals surface area (Å²) in [5.41, 5.74) is 2.68. The predicted octanol–water partition coefficient (Wildman–Crippen LogP) is 3.69. The van der Waals surface area contributed by atoms with Gasteiger partial charge in [-0.2, -0.15) is 0 Å². The average molecular weight is 305 g/mol. The van der Waals surface area contributed by atoms with Gasteiger partial charge in [0.1, 0.15) is 12.4 Å². The quantitative estimate of drug-likeness (QED) is 0.865. The van der Waals surface area contributed by atoms with Crippen LogP contribution in [0.3, 0.4) is 0 Å². The van der Waals surface area contributed by atoms with Crippen LogP contribution in [0.25, 0.3) is 0 Å². The van der Waals surface area contributed by atoms with Crippen molar-refractivity contribution in [3.05, 3.63) is 39.8 Å². The Labute approximate surface area is 110 Å². The number of ether oxygens (including phenoxy) is 1. The second-order valence-corrected chi connectivity index (χ2v) is 4.32. The maximum Gasteiger partial charge on any atom is 0.133 e. The van der Waals surface area contributed by atoms with Gasteiger partial charge in [-0.25, -0.2) is 0 Å². The molecule has 0 heterocycles. The van der Waals surface area contributed by atoms with Crippen molar-refractivity contribution in [2.24, 2.45) is 0 Å². The molecular formula is C12H15BrClNO. The highest BCUT2D eigenvalue weighted by Gasteiger charge is 2.01. The fourth-order valence-corrected chi connectivity index (χ4v) is 1.83. The number of hydrogen-bond donors (Lipinski definition) is 1. The zero-order chi connectivity index (χ0) is 11.8. The molecule has 0 radical (unpaired) electrons. The van der Waals surface area contributed by atoms with Crippen molar-refractivity contribution in [3.8, 4) is 5.75 Å². The van der Waals surface area contributed by atoms with Crippen molar-refractivity contribution in [3.63, 3.8) is 0 Å². The molecule has 1 rings (SSSR count). The minimum Gasteiger partial charge on any atom is -0.488 e. The molecule has 4 heteroatoms. The summed E-state index contributed by atoms with van der Waals surface area (Å²) in [6.45, 7) is 4.41. The lowest BCUT2D eigenvalue weighted by Crippen LogP contribution is -2.11. The van der Waals surface area contributed by atoms with Crippen molar-refractivity contribution in [1.29, 1.82) is 0 Å². The molecule has 1 aromatic rings. The van der Waals surface area contributed by atoms with E-state index in [0.29, 0.717) is 6.61 Å². The molecule has 0 saturated heterocycles. The third-order valence-electron chi connectivity index (χ3n) is 2.00.